The molecule has 2 aromatic carbocycles. The number of anilines is 2. The lowest BCUT2D eigenvalue weighted by Gasteiger charge is -2.10. The fourth-order valence-corrected chi connectivity index (χ4v) is 1.96. The van der Waals surface area contributed by atoms with Crippen LogP contribution in [0.4, 0.5) is 15.8 Å². The molecule has 0 radical (unpaired) electrons. The van der Waals surface area contributed by atoms with Crippen LogP contribution < -0.4 is 11.1 Å². The van der Waals surface area contributed by atoms with Crippen LogP contribution >= 0.6 is 12.2 Å². The molecule has 0 spiro atoms. The number of methoxy groups -OCH3 is 1. The lowest BCUT2D eigenvalue weighted by Crippen LogP contribution is -2.09. The van der Waals surface area contributed by atoms with E-state index in [9.17, 15) is 4.39 Å². The Morgan fingerprint density at radius 3 is 2.75 bits per heavy atom. The monoisotopic (exact) mass is 290 g/mol. The number of nitrogens with two attached hydrogens (primary N) is 1. The molecule has 0 aliphatic rings. The second-order valence-electron chi connectivity index (χ2n) is 4.32. The van der Waals surface area contributed by atoms with Crippen LogP contribution in [0.1, 0.15) is 11.1 Å². The molecule has 0 atom stereocenters. The molecule has 104 valence electrons. The lowest BCUT2D eigenvalue weighted by molar-refractivity contribution is 0.185. The Labute approximate surface area is 122 Å². The summed E-state index contributed by atoms with van der Waals surface area (Å²) in [5.74, 6) is -0.396. The summed E-state index contributed by atoms with van der Waals surface area (Å²) in [4.78, 5) is 0.178. The maximum absolute atomic E-state index is 13.9. The van der Waals surface area contributed by atoms with E-state index in [2.05, 4.69) is 5.32 Å². The minimum Gasteiger partial charge on any atom is -0.389 e. The number of benzene rings is 2. The first-order valence-corrected chi connectivity index (χ1v) is 6.45. The van der Waals surface area contributed by atoms with Gasteiger partial charge < -0.3 is 15.8 Å². The van der Waals surface area contributed by atoms with Crippen LogP contribution in [0.5, 0.6) is 0 Å². The van der Waals surface area contributed by atoms with E-state index in [0.29, 0.717) is 17.9 Å². The van der Waals surface area contributed by atoms with E-state index in [1.807, 2.05) is 24.3 Å². The highest BCUT2D eigenvalue weighted by Gasteiger charge is 2.06. The Bertz CT molecular complexity index is 631. The molecule has 0 unspecified atom stereocenters. The third-order valence-corrected chi connectivity index (χ3v) is 3.01. The molecule has 3 N–H and O–H groups in total. The van der Waals surface area contributed by atoms with Gasteiger partial charge in [0.15, 0.2) is 0 Å². The molecule has 0 saturated heterocycles. The molecule has 5 heteroatoms. The number of hydrogen-bond donors (Lipinski definition) is 2. The van der Waals surface area contributed by atoms with Crippen molar-refractivity contribution in [1.82, 2.24) is 0 Å². The van der Waals surface area contributed by atoms with Gasteiger partial charge >= 0.3 is 0 Å². The van der Waals surface area contributed by atoms with E-state index in [1.165, 1.54) is 6.07 Å². The van der Waals surface area contributed by atoms with E-state index in [1.54, 1.807) is 19.2 Å². The van der Waals surface area contributed by atoms with Gasteiger partial charge in [-0.05, 0) is 35.9 Å². The summed E-state index contributed by atoms with van der Waals surface area (Å²) in [6.07, 6.45) is 0. The van der Waals surface area contributed by atoms with Crippen LogP contribution in [0.3, 0.4) is 0 Å². The summed E-state index contributed by atoms with van der Waals surface area (Å²) in [5.41, 5.74) is 8.16. The summed E-state index contributed by atoms with van der Waals surface area (Å²) < 4.78 is 19.0. The quantitative estimate of drug-likeness (QED) is 0.829. The third kappa shape index (κ3) is 3.53. The third-order valence-electron chi connectivity index (χ3n) is 2.77. The van der Waals surface area contributed by atoms with Gasteiger partial charge in [0.05, 0.1) is 12.3 Å². The number of ether oxygens (including phenoxy) is 1. The van der Waals surface area contributed by atoms with Gasteiger partial charge in [-0.1, -0.05) is 24.4 Å². The van der Waals surface area contributed by atoms with E-state index >= 15 is 0 Å². The van der Waals surface area contributed by atoms with Crippen LogP contribution in [0.15, 0.2) is 42.5 Å². The van der Waals surface area contributed by atoms with Gasteiger partial charge in [-0.3, -0.25) is 0 Å². The molecule has 0 bridgehead atoms. The van der Waals surface area contributed by atoms with Gasteiger partial charge in [-0.15, -0.1) is 0 Å². The average Bonchev–Trinajstić information content (AvgIpc) is 2.42. The number of nitrogens with one attached hydrogen (secondary N) is 1. The summed E-state index contributed by atoms with van der Waals surface area (Å²) in [7, 11) is 1.63. The zero-order chi connectivity index (χ0) is 14.5. The zero-order valence-electron chi connectivity index (χ0n) is 11.0. The molecule has 0 saturated carbocycles. The molecule has 2 aromatic rings. The van der Waals surface area contributed by atoms with Crippen LogP contribution in [-0.4, -0.2) is 12.1 Å². The van der Waals surface area contributed by atoms with Crippen LogP contribution in [-0.2, 0) is 11.3 Å². The highest BCUT2D eigenvalue weighted by Crippen LogP contribution is 2.22. The Morgan fingerprint density at radius 2 is 2.10 bits per heavy atom. The maximum Gasteiger partial charge on any atom is 0.147 e. The van der Waals surface area contributed by atoms with Gasteiger partial charge in [-0.25, -0.2) is 4.39 Å². The predicted molar refractivity (Wildman–Crippen MR) is 82.7 cm³/mol. The van der Waals surface area contributed by atoms with Crippen molar-refractivity contribution in [3.8, 4) is 0 Å². The van der Waals surface area contributed by atoms with Crippen molar-refractivity contribution in [2.75, 3.05) is 12.4 Å². The number of halogens is 1. The minimum atomic E-state index is -0.396. The summed E-state index contributed by atoms with van der Waals surface area (Å²) in [6.45, 7) is 0.512. The van der Waals surface area contributed by atoms with Crippen molar-refractivity contribution in [2.24, 2.45) is 5.73 Å². The van der Waals surface area contributed by atoms with E-state index in [4.69, 9.17) is 22.7 Å². The molecule has 0 heterocycles. The van der Waals surface area contributed by atoms with Crippen LogP contribution in [0.25, 0.3) is 0 Å². The van der Waals surface area contributed by atoms with Crippen molar-refractivity contribution >= 4 is 28.6 Å². The van der Waals surface area contributed by atoms with Gasteiger partial charge in [0.25, 0.3) is 0 Å². The normalized spacial score (nSPS) is 10.3. The SMILES string of the molecule is COCc1cccc(Nc2ccc(C(N)=S)cc2F)c1. The van der Waals surface area contributed by atoms with Crippen molar-refractivity contribution in [3.05, 3.63) is 59.4 Å². The Balaban J connectivity index is 2.21. The molecule has 0 aliphatic heterocycles. The molecule has 3 nitrogen and oxygen atoms in total. The van der Waals surface area contributed by atoms with Gasteiger partial charge in [-0.2, -0.15) is 0 Å². The Kier molecular flexibility index (Phi) is 4.65. The first kappa shape index (κ1) is 14.4. The van der Waals surface area contributed by atoms with Gasteiger partial charge in [0.1, 0.15) is 10.8 Å². The molecule has 0 amide bonds. The molecule has 2 rings (SSSR count). The van der Waals surface area contributed by atoms with Gasteiger partial charge in [0.2, 0.25) is 0 Å². The first-order valence-electron chi connectivity index (χ1n) is 6.04. The van der Waals surface area contributed by atoms with Gasteiger partial charge in [0, 0.05) is 18.4 Å². The minimum absolute atomic E-state index is 0.178. The summed E-state index contributed by atoms with van der Waals surface area (Å²) in [6, 6.07) is 12.2. The van der Waals surface area contributed by atoms with E-state index in [-0.39, 0.29) is 4.99 Å². The van der Waals surface area contributed by atoms with Crippen molar-refractivity contribution in [3.63, 3.8) is 0 Å². The van der Waals surface area contributed by atoms with Crippen molar-refractivity contribution < 1.29 is 9.13 Å². The standard InChI is InChI=1S/C15H15FN2OS/c1-19-9-10-3-2-4-12(7-10)18-14-6-5-11(15(17)20)8-13(14)16/h2-8,18H,9H2,1H3,(H2,17,20). The van der Waals surface area contributed by atoms with Crippen molar-refractivity contribution in [1.29, 1.82) is 0 Å². The largest absolute Gasteiger partial charge is 0.389 e. The molecule has 0 aliphatic carbocycles. The average molecular weight is 290 g/mol. The smallest absolute Gasteiger partial charge is 0.147 e. The fraction of sp³-hybridized carbons (Fsp3) is 0.133. The summed E-state index contributed by atoms with van der Waals surface area (Å²) >= 11 is 4.82. The fourth-order valence-electron chi connectivity index (χ4n) is 1.83. The lowest BCUT2D eigenvalue weighted by atomic mass is 10.1. The van der Waals surface area contributed by atoms with Crippen LogP contribution in [0.2, 0.25) is 0 Å². The number of hydrogen-bond acceptors (Lipinski definition) is 3. The molecule has 0 fully saturated rings. The first-order chi connectivity index (χ1) is 9.60. The zero-order valence-corrected chi connectivity index (χ0v) is 11.8. The van der Waals surface area contributed by atoms with E-state index < -0.39 is 5.82 Å². The molecular formula is C15H15FN2OS. The maximum atomic E-state index is 13.9. The van der Waals surface area contributed by atoms with E-state index in [0.717, 1.165) is 11.3 Å². The second kappa shape index (κ2) is 6.45. The number of thiocarbonyl (C=S) groups is 1. The number of rotatable bonds is 5. The molecular weight excluding hydrogens is 275 g/mol. The summed E-state index contributed by atoms with van der Waals surface area (Å²) in [5, 5.41) is 3.02. The second-order valence-corrected chi connectivity index (χ2v) is 4.76. The predicted octanol–water partition coefficient (Wildman–Crippen LogP) is 3.35. The Morgan fingerprint density at radius 1 is 1.30 bits per heavy atom. The molecule has 20 heavy (non-hydrogen) atoms. The van der Waals surface area contributed by atoms with Crippen LogP contribution in [0, 0.1) is 5.82 Å². The Hall–Kier alpha value is -1.98. The highest BCUT2D eigenvalue weighted by molar-refractivity contribution is 7.80. The van der Waals surface area contributed by atoms with Crippen molar-refractivity contribution in [2.45, 2.75) is 6.61 Å². The topological polar surface area (TPSA) is 47.3 Å². The highest BCUT2D eigenvalue weighted by atomic mass is 32.1. The molecule has 0 aromatic heterocycles.